The third kappa shape index (κ3) is 5.41. The molecule has 1 rings (SSSR count). The standard InChI is InChI=1S/C18H25N5/c1-3-5-17(21)23(18(22)6-4-2)16-9-7-14(8-10-16)11-15(12-19)13-20/h7-11,17-18H,3-6,21-22H2,1-2H3. The SMILES string of the molecule is CCCC(N)N(c1ccc(C=C(C#N)C#N)cc1)C(N)CCC. The largest absolute Gasteiger partial charge is 0.341 e. The summed E-state index contributed by atoms with van der Waals surface area (Å²) in [4.78, 5) is 2.05. The Morgan fingerprint density at radius 2 is 1.52 bits per heavy atom. The van der Waals surface area contributed by atoms with Gasteiger partial charge < -0.3 is 16.4 Å². The Kier molecular flexibility index (Phi) is 7.83. The molecular formula is C18H25N5. The van der Waals surface area contributed by atoms with Crippen molar-refractivity contribution in [2.24, 2.45) is 11.5 Å². The molecule has 1 aromatic carbocycles. The van der Waals surface area contributed by atoms with Crippen molar-refractivity contribution in [1.29, 1.82) is 10.5 Å². The van der Waals surface area contributed by atoms with Crippen molar-refractivity contribution in [3.05, 3.63) is 35.4 Å². The number of hydrogen-bond donors (Lipinski definition) is 2. The molecule has 5 nitrogen and oxygen atoms in total. The Balaban J connectivity index is 3.06. The molecule has 0 heterocycles. The third-order valence-electron chi connectivity index (χ3n) is 3.63. The van der Waals surface area contributed by atoms with Gasteiger partial charge in [0.15, 0.2) is 0 Å². The van der Waals surface area contributed by atoms with Crippen molar-refractivity contribution in [3.63, 3.8) is 0 Å². The first-order valence-electron chi connectivity index (χ1n) is 7.98. The molecule has 23 heavy (non-hydrogen) atoms. The number of nitrogens with two attached hydrogens (primary N) is 2. The van der Waals surface area contributed by atoms with Crippen LogP contribution in [0.1, 0.15) is 45.1 Å². The lowest BCUT2D eigenvalue weighted by atomic mass is 10.1. The maximum atomic E-state index is 8.81. The fourth-order valence-corrected chi connectivity index (χ4v) is 2.50. The highest BCUT2D eigenvalue weighted by Gasteiger charge is 2.20. The van der Waals surface area contributed by atoms with Crippen LogP contribution in [0.4, 0.5) is 5.69 Å². The topological polar surface area (TPSA) is 103 Å². The summed E-state index contributed by atoms with van der Waals surface area (Å²) in [5.74, 6) is 0. The zero-order valence-electron chi connectivity index (χ0n) is 13.9. The second-order valence-corrected chi connectivity index (χ2v) is 5.49. The van der Waals surface area contributed by atoms with Crippen LogP contribution in [-0.2, 0) is 0 Å². The minimum atomic E-state index is -0.128. The molecule has 0 fully saturated rings. The Morgan fingerprint density at radius 3 is 1.91 bits per heavy atom. The Hall–Kier alpha value is -2.34. The number of anilines is 1. The molecule has 0 aliphatic heterocycles. The van der Waals surface area contributed by atoms with Gasteiger partial charge in [0.25, 0.3) is 0 Å². The zero-order valence-corrected chi connectivity index (χ0v) is 13.9. The van der Waals surface area contributed by atoms with Crippen LogP contribution in [0, 0.1) is 22.7 Å². The average Bonchev–Trinajstić information content (AvgIpc) is 2.54. The fourth-order valence-electron chi connectivity index (χ4n) is 2.50. The number of allylic oxidation sites excluding steroid dienone is 1. The van der Waals surface area contributed by atoms with Crippen LogP contribution in [0.25, 0.3) is 6.08 Å². The van der Waals surface area contributed by atoms with Crippen LogP contribution in [-0.4, -0.2) is 12.3 Å². The Morgan fingerprint density at radius 1 is 1.04 bits per heavy atom. The van der Waals surface area contributed by atoms with Crippen LogP contribution in [0.5, 0.6) is 0 Å². The number of nitrogens with zero attached hydrogens (tertiary/aromatic N) is 3. The van der Waals surface area contributed by atoms with Crippen molar-refractivity contribution in [2.75, 3.05) is 4.90 Å². The fraction of sp³-hybridized carbons (Fsp3) is 0.444. The summed E-state index contributed by atoms with van der Waals surface area (Å²) in [5, 5.41) is 17.6. The minimum absolute atomic E-state index is 0.0833. The van der Waals surface area contributed by atoms with E-state index in [1.807, 2.05) is 36.4 Å². The van der Waals surface area contributed by atoms with Crippen LogP contribution in [0.3, 0.4) is 0 Å². The summed E-state index contributed by atoms with van der Waals surface area (Å²) >= 11 is 0. The molecule has 2 atom stereocenters. The molecule has 1 aromatic rings. The molecule has 0 saturated carbocycles. The normalized spacial score (nSPS) is 12.6. The van der Waals surface area contributed by atoms with Crippen LogP contribution in [0.15, 0.2) is 29.8 Å². The predicted molar refractivity (Wildman–Crippen MR) is 93.9 cm³/mol. The molecule has 0 aliphatic carbocycles. The van der Waals surface area contributed by atoms with Crippen molar-refractivity contribution in [2.45, 2.75) is 51.9 Å². The summed E-state index contributed by atoms with van der Waals surface area (Å²) in [6, 6.07) is 11.3. The summed E-state index contributed by atoms with van der Waals surface area (Å²) in [6.45, 7) is 4.20. The van der Waals surface area contributed by atoms with E-state index in [0.717, 1.165) is 36.9 Å². The van der Waals surface area contributed by atoms with Crippen molar-refractivity contribution < 1.29 is 0 Å². The van der Waals surface area contributed by atoms with E-state index in [4.69, 9.17) is 22.0 Å². The maximum Gasteiger partial charge on any atom is 0.130 e. The molecule has 0 aliphatic rings. The molecule has 4 N–H and O–H groups in total. The summed E-state index contributed by atoms with van der Waals surface area (Å²) in [6.07, 6.45) is 5.02. The van der Waals surface area contributed by atoms with Gasteiger partial charge in [-0.05, 0) is 36.6 Å². The van der Waals surface area contributed by atoms with Gasteiger partial charge in [-0.3, -0.25) is 0 Å². The highest BCUT2D eigenvalue weighted by atomic mass is 15.3. The van der Waals surface area contributed by atoms with Gasteiger partial charge in [-0.2, -0.15) is 10.5 Å². The van der Waals surface area contributed by atoms with Crippen molar-refractivity contribution >= 4 is 11.8 Å². The molecule has 5 heteroatoms. The zero-order chi connectivity index (χ0) is 17.2. The van der Waals surface area contributed by atoms with Gasteiger partial charge in [-0.15, -0.1) is 0 Å². The van der Waals surface area contributed by atoms with E-state index in [-0.39, 0.29) is 17.9 Å². The van der Waals surface area contributed by atoms with E-state index in [0.29, 0.717) is 0 Å². The van der Waals surface area contributed by atoms with Gasteiger partial charge in [0.05, 0.1) is 12.3 Å². The first-order valence-corrected chi connectivity index (χ1v) is 7.98. The van der Waals surface area contributed by atoms with Gasteiger partial charge >= 0.3 is 0 Å². The first-order chi connectivity index (χ1) is 11.1. The maximum absolute atomic E-state index is 8.81. The van der Waals surface area contributed by atoms with Crippen molar-refractivity contribution in [1.82, 2.24) is 0 Å². The summed E-state index contributed by atoms with van der Waals surface area (Å²) < 4.78 is 0. The second-order valence-electron chi connectivity index (χ2n) is 5.49. The molecule has 0 aromatic heterocycles. The Labute approximate surface area is 138 Å². The van der Waals surface area contributed by atoms with E-state index in [2.05, 4.69) is 18.7 Å². The highest BCUT2D eigenvalue weighted by Crippen LogP contribution is 2.22. The number of rotatable bonds is 8. The quantitative estimate of drug-likeness (QED) is 0.567. The van der Waals surface area contributed by atoms with E-state index in [1.54, 1.807) is 6.08 Å². The molecule has 0 amide bonds. The van der Waals surface area contributed by atoms with E-state index in [1.165, 1.54) is 0 Å². The molecule has 0 radical (unpaired) electrons. The predicted octanol–water partition coefficient (Wildman–Crippen LogP) is 3.09. The first kappa shape index (κ1) is 18.7. The molecular weight excluding hydrogens is 286 g/mol. The van der Waals surface area contributed by atoms with Crippen LogP contribution in [0.2, 0.25) is 0 Å². The highest BCUT2D eigenvalue weighted by molar-refractivity contribution is 5.64. The van der Waals surface area contributed by atoms with Crippen molar-refractivity contribution in [3.8, 4) is 12.1 Å². The lowest BCUT2D eigenvalue weighted by Crippen LogP contribution is -2.52. The van der Waals surface area contributed by atoms with E-state index < -0.39 is 0 Å². The third-order valence-corrected chi connectivity index (χ3v) is 3.63. The number of hydrogen-bond acceptors (Lipinski definition) is 5. The number of benzene rings is 1. The van der Waals surface area contributed by atoms with Gasteiger partial charge in [0.2, 0.25) is 0 Å². The molecule has 0 saturated heterocycles. The van der Waals surface area contributed by atoms with E-state index in [9.17, 15) is 0 Å². The number of nitriles is 2. The Bertz CT molecular complexity index is 563. The van der Waals surface area contributed by atoms with Gasteiger partial charge in [0, 0.05) is 5.69 Å². The molecule has 0 bridgehead atoms. The van der Waals surface area contributed by atoms with Crippen LogP contribution < -0.4 is 16.4 Å². The smallest absolute Gasteiger partial charge is 0.130 e. The average molecular weight is 311 g/mol. The summed E-state index contributed by atoms with van der Waals surface area (Å²) in [5.41, 5.74) is 14.4. The van der Waals surface area contributed by atoms with Crippen LogP contribution >= 0.6 is 0 Å². The molecule has 0 spiro atoms. The van der Waals surface area contributed by atoms with Gasteiger partial charge in [-0.1, -0.05) is 38.8 Å². The molecule has 2 unspecified atom stereocenters. The van der Waals surface area contributed by atoms with E-state index >= 15 is 0 Å². The molecule has 122 valence electrons. The second kappa shape index (κ2) is 9.63. The monoisotopic (exact) mass is 311 g/mol. The van der Waals surface area contributed by atoms with Gasteiger partial charge in [0.1, 0.15) is 17.7 Å². The van der Waals surface area contributed by atoms with Gasteiger partial charge in [-0.25, -0.2) is 0 Å². The minimum Gasteiger partial charge on any atom is -0.341 e. The lowest BCUT2D eigenvalue weighted by Gasteiger charge is -2.36. The lowest BCUT2D eigenvalue weighted by molar-refractivity contribution is 0.469. The summed E-state index contributed by atoms with van der Waals surface area (Å²) in [7, 11) is 0.